The number of hydrogen-bond acceptors (Lipinski definition) is 3. The number of para-hydroxylation sites is 2. The molecular formula is C22H26N4O. The van der Waals surface area contributed by atoms with Gasteiger partial charge >= 0.3 is 0 Å². The third-order valence-electron chi connectivity index (χ3n) is 5.38. The zero-order chi connectivity index (χ0) is 18.6. The average molecular weight is 362 g/mol. The number of aryl methyl sites for hydroxylation is 1. The van der Waals surface area contributed by atoms with Crippen molar-refractivity contribution < 1.29 is 4.79 Å². The highest BCUT2D eigenvalue weighted by Gasteiger charge is 2.26. The van der Waals surface area contributed by atoms with Gasteiger partial charge < -0.3 is 15.2 Å². The lowest BCUT2D eigenvalue weighted by Crippen LogP contribution is -2.41. The highest BCUT2D eigenvalue weighted by atomic mass is 16.1. The molecule has 27 heavy (non-hydrogen) atoms. The highest BCUT2D eigenvalue weighted by Crippen LogP contribution is 2.23. The van der Waals surface area contributed by atoms with E-state index >= 15 is 0 Å². The first-order valence-electron chi connectivity index (χ1n) is 9.72. The van der Waals surface area contributed by atoms with Crippen molar-refractivity contribution in [3.8, 4) is 0 Å². The molecule has 4 rings (SSSR count). The van der Waals surface area contributed by atoms with Crippen LogP contribution in [-0.4, -0.2) is 35.5 Å². The molecule has 1 aliphatic rings. The molecule has 1 aliphatic heterocycles. The van der Waals surface area contributed by atoms with E-state index < -0.39 is 0 Å². The number of nitrogens with zero attached hydrogens (tertiary/aromatic N) is 2. The van der Waals surface area contributed by atoms with Gasteiger partial charge in [0.15, 0.2) is 0 Å². The molecule has 2 heterocycles. The number of rotatable bonds is 5. The van der Waals surface area contributed by atoms with E-state index in [4.69, 9.17) is 0 Å². The fourth-order valence-electron chi connectivity index (χ4n) is 3.67. The largest absolute Gasteiger partial charge is 0.356 e. The molecule has 1 amide bonds. The van der Waals surface area contributed by atoms with Gasteiger partial charge in [-0.2, -0.15) is 0 Å². The van der Waals surface area contributed by atoms with Gasteiger partial charge in [0.2, 0.25) is 11.9 Å². The average Bonchev–Trinajstić information content (AvgIpc) is 3.14. The molecular weight excluding hydrogens is 336 g/mol. The second-order valence-electron chi connectivity index (χ2n) is 7.37. The Morgan fingerprint density at radius 2 is 1.89 bits per heavy atom. The van der Waals surface area contributed by atoms with Crippen LogP contribution in [0.1, 0.15) is 24.0 Å². The minimum absolute atomic E-state index is 0.101. The molecule has 1 aromatic heterocycles. The molecule has 0 unspecified atom stereocenters. The van der Waals surface area contributed by atoms with Gasteiger partial charge in [0.25, 0.3) is 0 Å². The van der Waals surface area contributed by atoms with Crippen molar-refractivity contribution in [3.63, 3.8) is 0 Å². The molecule has 2 aromatic carbocycles. The summed E-state index contributed by atoms with van der Waals surface area (Å²) in [6.07, 6.45) is 2.62. The molecule has 5 nitrogen and oxygen atoms in total. The van der Waals surface area contributed by atoms with E-state index in [0.29, 0.717) is 6.54 Å². The van der Waals surface area contributed by atoms with Crippen LogP contribution in [0.5, 0.6) is 0 Å². The number of hydrogen-bond donors (Lipinski definition) is 2. The predicted octanol–water partition coefficient (Wildman–Crippen LogP) is 3.45. The first-order valence-corrected chi connectivity index (χ1v) is 9.72. The van der Waals surface area contributed by atoms with Crippen molar-refractivity contribution in [2.45, 2.75) is 26.2 Å². The Morgan fingerprint density at radius 1 is 1.15 bits per heavy atom. The molecule has 0 saturated carbocycles. The lowest BCUT2D eigenvalue weighted by molar-refractivity contribution is -0.125. The van der Waals surface area contributed by atoms with Crippen LogP contribution in [0.3, 0.4) is 0 Å². The van der Waals surface area contributed by atoms with E-state index in [1.54, 1.807) is 0 Å². The Morgan fingerprint density at radius 3 is 2.63 bits per heavy atom. The SMILES string of the molecule is Cc1ccc(CCNC(=O)C2CCN(c3nc4ccccc4[nH]3)CC2)cc1. The maximum atomic E-state index is 12.5. The Balaban J connectivity index is 1.25. The maximum Gasteiger partial charge on any atom is 0.223 e. The first-order chi connectivity index (χ1) is 13.2. The van der Waals surface area contributed by atoms with E-state index in [1.807, 2.05) is 24.3 Å². The molecule has 140 valence electrons. The monoisotopic (exact) mass is 362 g/mol. The van der Waals surface area contributed by atoms with Crippen molar-refractivity contribution in [2.24, 2.45) is 5.92 Å². The summed E-state index contributed by atoms with van der Waals surface area (Å²) in [5.74, 6) is 1.20. The second-order valence-corrected chi connectivity index (χ2v) is 7.37. The molecule has 5 heteroatoms. The number of aromatic nitrogens is 2. The van der Waals surface area contributed by atoms with Crippen LogP contribution < -0.4 is 10.2 Å². The number of benzene rings is 2. The number of amides is 1. The van der Waals surface area contributed by atoms with Crippen LogP contribution in [0.2, 0.25) is 0 Å². The molecule has 3 aromatic rings. The summed E-state index contributed by atoms with van der Waals surface area (Å²) in [5.41, 5.74) is 4.58. The quantitative estimate of drug-likeness (QED) is 0.731. The molecule has 0 bridgehead atoms. The Hall–Kier alpha value is -2.82. The molecule has 1 saturated heterocycles. The van der Waals surface area contributed by atoms with Gasteiger partial charge in [-0.05, 0) is 43.9 Å². The highest BCUT2D eigenvalue weighted by molar-refractivity contribution is 5.79. The number of H-pyrrole nitrogens is 1. The number of aromatic amines is 1. The fourth-order valence-corrected chi connectivity index (χ4v) is 3.67. The van der Waals surface area contributed by atoms with Gasteiger partial charge in [0.05, 0.1) is 11.0 Å². The van der Waals surface area contributed by atoms with E-state index in [-0.39, 0.29) is 11.8 Å². The van der Waals surface area contributed by atoms with Crippen LogP contribution >= 0.6 is 0 Å². The van der Waals surface area contributed by atoms with Gasteiger partial charge in [-0.1, -0.05) is 42.0 Å². The summed E-state index contributed by atoms with van der Waals surface area (Å²) in [5, 5.41) is 3.11. The summed E-state index contributed by atoms with van der Waals surface area (Å²) in [7, 11) is 0. The van der Waals surface area contributed by atoms with Crippen molar-refractivity contribution in [1.29, 1.82) is 0 Å². The molecule has 0 atom stereocenters. The van der Waals surface area contributed by atoms with Gasteiger partial charge in [-0.3, -0.25) is 4.79 Å². The topological polar surface area (TPSA) is 61.0 Å². The number of carbonyl (C=O) groups is 1. The van der Waals surface area contributed by atoms with E-state index in [1.165, 1.54) is 11.1 Å². The second kappa shape index (κ2) is 7.82. The Bertz CT molecular complexity index is 874. The number of piperidine rings is 1. The van der Waals surface area contributed by atoms with Gasteiger partial charge in [0, 0.05) is 25.6 Å². The first kappa shape index (κ1) is 17.6. The van der Waals surface area contributed by atoms with Gasteiger partial charge in [0.1, 0.15) is 0 Å². The number of anilines is 1. The van der Waals surface area contributed by atoms with Gasteiger partial charge in [-0.15, -0.1) is 0 Å². The van der Waals surface area contributed by atoms with E-state index in [2.05, 4.69) is 51.4 Å². The lowest BCUT2D eigenvalue weighted by Gasteiger charge is -2.31. The summed E-state index contributed by atoms with van der Waals surface area (Å²) in [6, 6.07) is 16.6. The van der Waals surface area contributed by atoms with Crippen LogP contribution in [0, 0.1) is 12.8 Å². The van der Waals surface area contributed by atoms with Crippen molar-refractivity contribution in [1.82, 2.24) is 15.3 Å². The number of imidazole rings is 1. The van der Waals surface area contributed by atoms with Gasteiger partial charge in [-0.25, -0.2) is 4.98 Å². The number of carbonyl (C=O) groups excluding carboxylic acids is 1. The third-order valence-corrected chi connectivity index (χ3v) is 5.38. The summed E-state index contributed by atoms with van der Waals surface area (Å²) < 4.78 is 0. The van der Waals surface area contributed by atoms with Crippen molar-refractivity contribution >= 4 is 22.9 Å². The smallest absolute Gasteiger partial charge is 0.223 e. The zero-order valence-corrected chi connectivity index (χ0v) is 15.7. The normalized spacial score (nSPS) is 15.2. The summed E-state index contributed by atoms with van der Waals surface area (Å²) in [6.45, 7) is 4.50. The van der Waals surface area contributed by atoms with E-state index in [9.17, 15) is 4.79 Å². The minimum atomic E-state index is 0.101. The molecule has 0 spiro atoms. The fraction of sp³-hybridized carbons (Fsp3) is 0.364. The number of nitrogens with one attached hydrogen (secondary N) is 2. The van der Waals surface area contributed by atoms with E-state index in [0.717, 1.165) is 49.3 Å². The number of fused-ring (bicyclic) bond motifs is 1. The maximum absolute atomic E-state index is 12.5. The molecule has 0 aliphatic carbocycles. The molecule has 0 radical (unpaired) electrons. The minimum Gasteiger partial charge on any atom is -0.356 e. The van der Waals surface area contributed by atoms with Crippen molar-refractivity contribution in [2.75, 3.05) is 24.5 Å². The van der Waals surface area contributed by atoms with Crippen LogP contribution in [0.25, 0.3) is 11.0 Å². The Kier molecular flexibility index (Phi) is 5.10. The van der Waals surface area contributed by atoms with Crippen LogP contribution in [0.4, 0.5) is 5.95 Å². The lowest BCUT2D eigenvalue weighted by atomic mass is 9.96. The summed E-state index contributed by atoms with van der Waals surface area (Å²) >= 11 is 0. The summed E-state index contributed by atoms with van der Waals surface area (Å²) in [4.78, 5) is 22.8. The van der Waals surface area contributed by atoms with Crippen molar-refractivity contribution in [3.05, 3.63) is 59.7 Å². The van der Waals surface area contributed by atoms with Crippen LogP contribution in [0.15, 0.2) is 48.5 Å². The zero-order valence-electron chi connectivity index (χ0n) is 15.7. The molecule has 2 N–H and O–H groups in total. The standard InChI is InChI=1S/C22H26N4O/c1-16-6-8-17(9-7-16)10-13-23-21(27)18-11-14-26(15-12-18)22-24-19-4-2-3-5-20(19)25-22/h2-9,18H,10-15H2,1H3,(H,23,27)(H,24,25). The molecule has 1 fully saturated rings. The van der Waals surface area contributed by atoms with Crippen LogP contribution in [-0.2, 0) is 11.2 Å². The predicted molar refractivity (Wildman–Crippen MR) is 109 cm³/mol. The third kappa shape index (κ3) is 4.13. The Labute approximate surface area is 159 Å².